The molecule has 4 rings (SSSR count). The van der Waals surface area contributed by atoms with Crippen molar-refractivity contribution in [3.8, 4) is 0 Å². The zero-order valence-corrected chi connectivity index (χ0v) is 15.9. The molecule has 3 N–H and O–H groups in total. The van der Waals surface area contributed by atoms with Gasteiger partial charge in [-0.3, -0.25) is 19.5 Å². The summed E-state index contributed by atoms with van der Waals surface area (Å²) in [6, 6.07) is 6.68. The molecule has 0 spiro atoms. The third-order valence-electron chi connectivity index (χ3n) is 5.06. The van der Waals surface area contributed by atoms with Crippen LogP contribution in [0.15, 0.2) is 35.3 Å². The van der Waals surface area contributed by atoms with Crippen molar-refractivity contribution in [1.29, 1.82) is 0 Å². The van der Waals surface area contributed by atoms with E-state index in [1.807, 2.05) is 18.2 Å². The molecule has 0 saturated heterocycles. The maximum Gasteiger partial charge on any atom is 0.276 e. The van der Waals surface area contributed by atoms with E-state index >= 15 is 0 Å². The SMILES string of the molecule is Cc1nc2cc[nH]n2c(=O)c1CC(=O)N[C@@H]1C(=O)Nc2ccc(C(C)C)cc21. The number of rotatable bonds is 4. The Morgan fingerprint density at radius 3 is 2.82 bits per heavy atom. The number of hydrogen-bond acceptors (Lipinski definition) is 4. The highest BCUT2D eigenvalue weighted by atomic mass is 16.2. The number of fused-ring (bicyclic) bond motifs is 2. The molecule has 8 nitrogen and oxygen atoms in total. The molecule has 0 unspecified atom stereocenters. The van der Waals surface area contributed by atoms with Gasteiger partial charge in [0, 0.05) is 34.8 Å². The summed E-state index contributed by atoms with van der Waals surface area (Å²) in [6.45, 7) is 5.84. The van der Waals surface area contributed by atoms with Gasteiger partial charge in [0.1, 0.15) is 6.04 Å². The summed E-state index contributed by atoms with van der Waals surface area (Å²) in [7, 11) is 0. The van der Waals surface area contributed by atoms with E-state index in [4.69, 9.17) is 0 Å². The first kappa shape index (κ1) is 18.0. The largest absolute Gasteiger partial charge is 0.340 e. The predicted molar refractivity (Wildman–Crippen MR) is 104 cm³/mol. The average Bonchev–Trinajstić information content (AvgIpc) is 3.23. The van der Waals surface area contributed by atoms with Crippen LogP contribution in [0.1, 0.15) is 48.2 Å². The maximum absolute atomic E-state index is 12.6. The highest BCUT2D eigenvalue weighted by molar-refractivity contribution is 6.04. The van der Waals surface area contributed by atoms with Gasteiger partial charge in [0.05, 0.1) is 6.42 Å². The van der Waals surface area contributed by atoms with Crippen molar-refractivity contribution in [3.05, 3.63) is 63.2 Å². The van der Waals surface area contributed by atoms with Crippen LogP contribution < -0.4 is 16.2 Å². The monoisotopic (exact) mass is 379 g/mol. The number of nitrogens with zero attached hydrogens (tertiary/aromatic N) is 2. The minimum absolute atomic E-state index is 0.150. The second-order valence-corrected chi connectivity index (χ2v) is 7.30. The lowest BCUT2D eigenvalue weighted by Gasteiger charge is -2.14. The zero-order valence-electron chi connectivity index (χ0n) is 15.9. The number of carbonyl (C=O) groups excluding carboxylic acids is 2. The molecule has 3 heterocycles. The van der Waals surface area contributed by atoms with E-state index in [0.717, 1.165) is 11.1 Å². The fourth-order valence-electron chi connectivity index (χ4n) is 3.46. The van der Waals surface area contributed by atoms with Crippen LogP contribution in [0.2, 0.25) is 0 Å². The molecule has 28 heavy (non-hydrogen) atoms. The van der Waals surface area contributed by atoms with Gasteiger partial charge in [-0.15, -0.1) is 0 Å². The number of anilines is 1. The fourth-order valence-corrected chi connectivity index (χ4v) is 3.46. The van der Waals surface area contributed by atoms with Crippen molar-refractivity contribution in [2.24, 2.45) is 0 Å². The Morgan fingerprint density at radius 1 is 1.29 bits per heavy atom. The Balaban J connectivity index is 1.59. The van der Waals surface area contributed by atoms with Crippen LogP contribution in [0.25, 0.3) is 5.65 Å². The van der Waals surface area contributed by atoms with Crippen molar-refractivity contribution in [2.75, 3.05) is 5.32 Å². The minimum Gasteiger partial charge on any atom is -0.340 e. The summed E-state index contributed by atoms with van der Waals surface area (Å²) in [6.07, 6.45) is 1.46. The van der Waals surface area contributed by atoms with Crippen molar-refractivity contribution in [3.63, 3.8) is 0 Å². The number of benzene rings is 1. The van der Waals surface area contributed by atoms with Crippen LogP contribution in [-0.2, 0) is 16.0 Å². The molecule has 1 aromatic carbocycles. The number of aryl methyl sites for hydroxylation is 1. The highest BCUT2D eigenvalue weighted by Crippen LogP contribution is 2.33. The first-order valence-electron chi connectivity index (χ1n) is 9.15. The van der Waals surface area contributed by atoms with Gasteiger partial charge in [-0.05, 0) is 24.5 Å². The molecule has 1 aliphatic rings. The Kier molecular flexibility index (Phi) is 4.26. The van der Waals surface area contributed by atoms with E-state index in [2.05, 4.69) is 34.6 Å². The van der Waals surface area contributed by atoms with Gasteiger partial charge >= 0.3 is 0 Å². The molecular formula is C20H21N5O3. The zero-order chi connectivity index (χ0) is 20.0. The molecular weight excluding hydrogens is 358 g/mol. The average molecular weight is 379 g/mol. The topological polar surface area (TPSA) is 108 Å². The van der Waals surface area contributed by atoms with Gasteiger partial charge < -0.3 is 10.6 Å². The van der Waals surface area contributed by atoms with Crippen LogP contribution >= 0.6 is 0 Å². The summed E-state index contributed by atoms with van der Waals surface area (Å²) in [5.41, 5.74) is 3.51. The van der Waals surface area contributed by atoms with Gasteiger partial charge in [-0.1, -0.05) is 26.0 Å². The van der Waals surface area contributed by atoms with E-state index in [0.29, 0.717) is 28.5 Å². The molecule has 0 saturated carbocycles. The van der Waals surface area contributed by atoms with Crippen LogP contribution in [0, 0.1) is 6.92 Å². The van der Waals surface area contributed by atoms with Crippen LogP contribution in [0.4, 0.5) is 5.69 Å². The van der Waals surface area contributed by atoms with Crippen molar-refractivity contribution < 1.29 is 9.59 Å². The van der Waals surface area contributed by atoms with Gasteiger partial charge in [-0.2, -0.15) is 0 Å². The third kappa shape index (κ3) is 2.96. The number of hydrogen-bond donors (Lipinski definition) is 3. The lowest BCUT2D eigenvalue weighted by molar-refractivity contribution is -0.125. The minimum atomic E-state index is -0.772. The molecule has 2 aromatic heterocycles. The predicted octanol–water partition coefficient (Wildman–Crippen LogP) is 1.81. The first-order valence-corrected chi connectivity index (χ1v) is 9.15. The van der Waals surface area contributed by atoms with E-state index in [1.165, 1.54) is 4.52 Å². The summed E-state index contributed by atoms with van der Waals surface area (Å²) in [4.78, 5) is 41.9. The number of aromatic amines is 1. The fraction of sp³-hybridized carbons (Fsp3) is 0.300. The molecule has 0 fully saturated rings. The van der Waals surface area contributed by atoms with Gasteiger partial charge in [0.2, 0.25) is 5.91 Å². The molecule has 1 aliphatic heterocycles. The molecule has 144 valence electrons. The number of carbonyl (C=O) groups is 2. The standard InChI is InChI=1S/C20H21N5O3/c1-10(2)12-4-5-15-14(8-12)18(19(27)23-15)24-17(26)9-13-11(3)22-16-6-7-21-25(16)20(13)28/h4-8,10,18,21H,9H2,1-3H3,(H,23,27)(H,24,26)/t18-/m0/s1. The first-order chi connectivity index (χ1) is 13.3. The molecule has 0 bridgehead atoms. The Hall–Kier alpha value is -3.42. The maximum atomic E-state index is 12.6. The number of amides is 2. The highest BCUT2D eigenvalue weighted by Gasteiger charge is 2.32. The summed E-state index contributed by atoms with van der Waals surface area (Å²) >= 11 is 0. The Bertz CT molecular complexity index is 1160. The Morgan fingerprint density at radius 2 is 2.07 bits per heavy atom. The molecule has 0 radical (unpaired) electrons. The number of aromatic nitrogens is 3. The number of H-pyrrole nitrogens is 1. The van der Waals surface area contributed by atoms with E-state index in [-0.39, 0.29) is 17.9 Å². The quantitative estimate of drug-likeness (QED) is 0.642. The Labute approximate surface area is 161 Å². The molecule has 3 aromatic rings. The second kappa shape index (κ2) is 6.63. The van der Waals surface area contributed by atoms with Gasteiger partial charge in [-0.25, -0.2) is 9.50 Å². The number of nitrogens with one attached hydrogen (secondary N) is 3. The summed E-state index contributed by atoms with van der Waals surface area (Å²) in [5, 5.41) is 8.33. The van der Waals surface area contributed by atoms with Crippen molar-refractivity contribution >= 4 is 23.1 Å². The van der Waals surface area contributed by atoms with Crippen molar-refractivity contribution in [1.82, 2.24) is 19.9 Å². The smallest absolute Gasteiger partial charge is 0.276 e. The van der Waals surface area contributed by atoms with Gasteiger partial charge in [0.25, 0.3) is 11.5 Å². The molecule has 0 aliphatic carbocycles. The second-order valence-electron chi connectivity index (χ2n) is 7.30. The third-order valence-corrected chi connectivity index (χ3v) is 5.06. The van der Waals surface area contributed by atoms with E-state index in [9.17, 15) is 14.4 Å². The summed E-state index contributed by atoms with van der Waals surface area (Å²) in [5.74, 6) is -0.384. The van der Waals surface area contributed by atoms with E-state index < -0.39 is 11.9 Å². The van der Waals surface area contributed by atoms with Crippen LogP contribution in [0.5, 0.6) is 0 Å². The normalized spacial score (nSPS) is 15.7. The van der Waals surface area contributed by atoms with Crippen LogP contribution in [0.3, 0.4) is 0 Å². The van der Waals surface area contributed by atoms with Crippen LogP contribution in [-0.4, -0.2) is 26.4 Å². The molecule has 8 heteroatoms. The summed E-state index contributed by atoms with van der Waals surface area (Å²) < 4.78 is 1.29. The van der Waals surface area contributed by atoms with Crippen molar-refractivity contribution in [2.45, 2.75) is 39.2 Å². The van der Waals surface area contributed by atoms with Gasteiger partial charge in [0.15, 0.2) is 5.65 Å². The molecule has 1 atom stereocenters. The lowest BCUT2D eigenvalue weighted by Crippen LogP contribution is -2.35. The van der Waals surface area contributed by atoms with E-state index in [1.54, 1.807) is 19.2 Å². The molecule has 2 amide bonds. The lowest BCUT2D eigenvalue weighted by atomic mass is 9.98.